The standard InChI is InChI=1S/C10H15FN2O3S/c1-16-6-8(12)4-7-2-3-9(5-10(7)11)17(13,14)15/h2-3,5,8H,4,6,12H2,1H3,(H2,13,14,15). The highest BCUT2D eigenvalue weighted by molar-refractivity contribution is 7.89. The second kappa shape index (κ2) is 5.54. The maximum absolute atomic E-state index is 13.6. The lowest BCUT2D eigenvalue weighted by Gasteiger charge is -2.11. The Balaban J connectivity index is 2.91. The van der Waals surface area contributed by atoms with Gasteiger partial charge in [0, 0.05) is 13.2 Å². The monoisotopic (exact) mass is 262 g/mol. The molecule has 0 fully saturated rings. The number of primary sulfonamides is 1. The molecule has 1 aromatic carbocycles. The van der Waals surface area contributed by atoms with Crippen molar-refractivity contribution in [1.82, 2.24) is 0 Å². The third-order valence-electron chi connectivity index (χ3n) is 2.22. The van der Waals surface area contributed by atoms with Crippen molar-refractivity contribution in [2.45, 2.75) is 17.4 Å². The molecule has 7 heteroatoms. The Morgan fingerprint density at radius 2 is 2.12 bits per heavy atom. The average molecular weight is 262 g/mol. The molecule has 1 unspecified atom stereocenters. The number of ether oxygens (including phenoxy) is 1. The SMILES string of the molecule is COCC(N)Cc1ccc(S(N)(=O)=O)cc1F. The number of methoxy groups -OCH3 is 1. The van der Waals surface area contributed by atoms with Crippen LogP contribution in [0.2, 0.25) is 0 Å². The molecule has 0 saturated heterocycles. The third kappa shape index (κ3) is 4.04. The van der Waals surface area contributed by atoms with E-state index in [1.807, 2.05) is 0 Å². The predicted octanol–water partition coefficient (Wildman–Crippen LogP) is -0.0107. The van der Waals surface area contributed by atoms with Crippen molar-refractivity contribution in [3.05, 3.63) is 29.6 Å². The molecule has 0 radical (unpaired) electrons. The van der Waals surface area contributed by atoms with Crippen molar-refractivity contribution < 1.29 is 17.5 Å². The van der Waals surface area contributed by atoms with Gasteiger partial charge in [0.2, 0.25) is 10.0 Å². The van der Waals surface area contributed by atoms with E-state index in [0.717, 1.165) is 6.07 Å². The second-order valence-corrected chi connectivity index (χ2v) is 5.28. The Labute approximate surface area is 99.6 Å². The molecular weight excluding hydrogens is 247 g/mol. The fraction of sp³-hybridized carbons (Fsp3) is 0.400. The minimum Gasteiger partial charge on any atom is -0.383 e. The van der Waals surface area contributed by atoms with Crippen LogP contribution in [0.3, 0.4) is 0 Å². The molecule has 1 rings (SSSR count). The summed E-state index contributed by atoms with van der Waals surface area (Å²) in [5.41, 5.74) is 6.01. The number of hydrogen-bond acceptors (Lipinski definition) is 4. The van der Waals surface area contributed by atoms with Crippen molar-refractivity contribution in [2.24, 2.45) is 10.9 Å². The molecule has 1 atom stereocenters. The normalized spacial score (nSPS) is 13.6. The van der Waals surface area contributed by atoms with Gasteiger partial charge in [0.15, 0.2) is 0 Å². The predicted molar refractivity (Wildman–Crippen MR) is 61.3 cm³/mol. The van der Waals surface area contributed by atoms with Crippen LogP contribution in [-0.2, 0) is 21.2 Å². The number of hydrogen-bond donors (Lipinski definition) is 2. The van der Waals surface area contributed by atoms with Crippen molar-refractivity contribution in [3.63, 3.8) is 0 Å². The molecule has 0 bridgehead atoms. The van der Waals surface area contributed by atoms with Gasteiger partial charge < -0.3 is 10.5 Å². The lowest BCUT2D eigenvalue weighted by atomic mass is 10.1. The van der Waals surface area contributed by atoms with Crippen molar-refractivity contribution in [2.75, 3.05) is 13.7 Å². The van der Waals surface area contributed by atoms with Gasteiger partial charge in [-0.15, -0.1) is 0 Å². The van der Waals surface area contributed by atoms with E-state index in [0.29, 0.717) is 12.2 Å². The number of benzene rings is 1. The van der Waals surface area contributed by atoms with Gasteiger partial charge in [-0.05, 0) is 24.1 Å². The van der Waals surface area contributed by atoms with Crippen molar-refractivity contribution in [3.8, 4) is 0 Å². The first-order valence-corrected chi connectivity index (χ1v) is 6.45. The van der Waals surface area contributed by atoms with Crippen LogP contribution in [0.1, 0.15) is 5.56 Å². The van der Waals surface area contributed by atoms with E-state index in [1.54, 1.807) is 0 Å². The highest BCUT2D eigenvalue weighted by Crippen LogP contribution is 2.15. The fourth-order valence-corrected chi connectivity index (χ4v) is 1.95. The highest BCUT2D eigenvalue weighted by Gasteiger charge is 2.13. The molecule has 1 aromatic rings. The van der Waals surface area contributed by atoms with Crippen LogP contribution < -0.4 is 10.9 Å². The van der Waals surface area contributed by atoms with Crippen LogP contribution in [-0.4, -0.2) is 28.2 Å². The van der Waals surface area contributed by atoms with E-state index >= 15 is 0 Å². The quantitative estimate of drug-likeness (QED) is 0.780. The summed E-state index contributed by atoms with van der Waals surface area (Å²) >= 11 is 0. The van der Waals surface area contributed by atoms with E-state index in [9.17, 15) is 12.8 Å². The van der Waals surface area contributed by atoms with Crippen molar-refractivity contribution >= 4 is 10.0 Å². The molecular formula is C10H15FN2O3S. The number of rotatable bonds is 5. The summed E-state index contributed by atoms with van der Waals surface area (Å²) in [6.07, 6.45) is 0.268. The summed E-state index contributed by atoms with van der Waals surface area (Å²) in [6.45, 7) is 0.302. The molecule has 96 valence electrons. The number of halogens is 1. The van der Waals surface area contributed by atoms with Crippen LogP contribution >= 0.6 is 0 Å². The molecule has 5 nitrogen and oxygen atoms in total. The first-order chi connectivity index (χ1) is 7.84. The van der Waals surface area contributed by atoms with Gasteiger partial charge in [-0.1, -0.05) is 6.07 Å². The van der Waals surface area contributed by atoms with Crippen LogP contribution in [0.4, 0.5) is 4.39 Å². The van der Waals surface area contributed by atoms with E-state index in [4.69, 9.17) is 15.6 Å². The number of sulfonamides is 1. The lowest BCUT2D eigenvalue weighted by molar-refractivity contribution is 0.179. The van der Waals surface area contributed by atoms with Crippen LogP contribution in [0.15, 0.2) is 23.1 Å². The summed E-state index contributed by atoms with van der Waals surface area (Å²) in [6, 6.07) is 3.18. The van der Waals surface area contributed by atoms with Gasteiger partial charge in [0.1, 0.15) is 5.82 Å². The van der Waals surface area contributed by atoms with Gasteiger partial charge in [-0.3, -0.25) is 0 Å². The first-order valence-electron chi connectivity index (χ1n) is 4.90. The Kier molecular flexibility index (Phi) is 4.58. The maximum atomic E-state index is 13.6. The summed E-state index contributed by atoms with van der Waals surface area (Å²) in [5.74, 6) is -0.636. The average Bonchev–Trinajstić information content (AvgIpc) is 2.20. The Hall–Kier alpha value is -1.02. The number of nitrogens with two attached hydrogens (primary N) is 2. The van der Waals surface area contributed by atoms with Gasteiger partial charge in [-0.2, -0.15) is 0 Å². The second-order valence-electron chi connectivity index (χ2n) is 3.72. The lowest BCUT2D eigenvalue weighted by Crippen LogP contribution is -2.28. The van der Waals surface area contributed by atoms with Gasteiger partial charge in [-0.25, -0.2) is 17.9 Å². The first kappa shape index (κ1) is 14.0. The summed E-state index contributed by atoms with van der Waals surface area (Å²) in [7, 11) is -2.38. The molecule has 0 spiro atoms. The third-order valence-corrected chi connectivity index (χ3v) is 3.13. The summed E-state index contributed by atoms with van der Waals surface area (Å²) in [4.78, 5) is -0.251. The molecule has 0 aromatic heterocycles. The largest absolute Gasteiger partial charge is 0.383 e. The molecule has 0 aliphatic rings. The van der Waals surface area contributed by atoms with Gasteiger partial charge >= 0.3 is 0 Å². The molecule has 0 saturated carbocycles. The zero-order valence-electron chi connectivity index (χ0n) is 9.39. The molecule has 0 aliphatic carbocycles. The maximum Gasteiger partial charge on any atom is 0.238 e. The minimum atomic E-state index is -3.88. The molecule has 4 N–H and O–H groups in total. The zero-order valence-corrected chi connectivity index (χ0v) is 10.2. The Bertz CT molecular complexity index is 490. The van der Waals surface area contributed by atoms with E-state index in [1.165, 1.54) is 19.2 Å². The van der Waals surface area contributed by atoms with Crippen LogP contribution in [0, 0.1) is 5.82 Å². The molecule has 0 aliphatic heterocycles. The molecule has 0 heterocycles. The zero-order chi connectivity index (χ0) is 13.1. The van der Waals surface area contributed by atoms with Crippen LogP contribution in [0.25, 0.3) is 0 Å². The molecule has 0 amide bonds. The van der Waals surface area contributed by atoms with Gasteiger partial charge in [0.05, 0.1) is 11.5 Å². The highest BCUT2D eigenvalue weighted by atomic mass is 32.2. The smallest absolute Gasteiger partial charge is 0.238 e. The van der Waals surface area contributed by atoms with E-state index < -0.39 is 15.8 Å². The van der Waals surface area contributed by atoms with E-state index in [-0.39, 0.29) is 17.4 Å². The Morgan fingerprint density at radius 1 is 1.47 bits per heavy atom. The summed E-state index contributed by atoms with van der Waals surface area (Å²) < 4.78 is 40.4. The van der Waals surface area contributed by atoms with E-state index in [2.05, 4.69) is 0 Å². The topological polar surface area (TPSA) is 95.4 Å². The van der Waals surface area contributed by atoms with Crippen LogP contribution in [0.5, 0.6) is 0 Å². The van der Waals surface area contributed by atoms with Crippen molar-refractivity contribution in [1.29, 1.82) is 0 Å². The van der Waals surface area contributed by atoms with Gasteiger partial charge in [0.25, 0.3) is 0 Å². The molecule has 17 heavy (non-hydrogen) atoms. The minimum absolute atomic E-state index is 0.251. The fourth-order valence-electron chi connectivity index (χ4n) is 1.43. The summed E-state index contributed by atoms with van der Waals surface area (Å²) in [5, 5.41) is 4.89. The Morgan fingerprint density at radius 3 is 2.59 bits per heavy atom.